The molecule has 1 amide bonds. The van der Waals surface area contributed by atoms with Gasteiger partial charge in [0.2, 0.25) is 5.91 Å². The first kappa shape index (κ1) is 32.7. The molecule has 5 aliphatic rings. The highest BCUT2D eigenvalue weighted by Crippen LogP contribution is 2.46. The van der Waals surface area contributed by atoms with E-state index in [4.69, 9.17) is 30.8 Å². The van der Waals surface area contributed by atoms with E-state index >= 15 is 0 Å². The Morgan fingerprint density at radius 3 is 2.67 bits per heavy atom. The Morgan fingerprint density at radius 2 is 1.86 bits per heavy atom. The van der Waals surface area contributed by atoms with Crippen molar-refractivity contribution in [2.24, 2.45) is 0 Å². The van der Waals surface area contributed by atoms with Crippen LogP contribution in [0.1, 0.15) is 74.8 Å². The predicted octanol–water partition coefficient (Wildman–Crippen LogP) is 6.04. The van der Waals surface area contributed by atoms with Crippen LogP contribution in [0.2, 0.25) is 5.02 Å². The normalized spacial score (nSPS) is 22.1. The van der Waals surface area contributed by atoms with Crippen LogP contribution >= 0.6 is 11.6 Å². The summed E-state index contributed by atoms with van der Waals surface area (Å²) in [5.74, 6) is 1.94. The molecule has 1 atom stereocenters. The van der Waals surface area contributed by atoms with Gasteiger partial charge in [0.05, 0.1) is 22.8 Å². The summed E-state index contributed by atoms with van der Waals surface area (Å²) < 4.78 is 12.0. The number of carbonyl (C=O) groups excluding carboxylic acids is 1. The lowest BCUT2D eigenvalue weighted by Gasteiger charge is -2.35. The average molecular weight is 709 g/mol. The lowest BCUT2D eigenvalue weighted by atomic mass is 9.95. The van der Waals surface area contributed by atoms with Crippen molar-refractivity contribution in [1.29, 1.82) is 0 Å². The molecule has 12 heteroatoms. The van der Waals surface area contributed by atoms with Gasteiger partial charge in [0, 0.05) is 66.9 Å². The Bertz CT molecular complexity index is 1990. The zero-order valence-corrected chi connectivity index (χ0v) is 30.2. The summed E-state index contributed by atoms with van der Waals surface area (Å²) in [6.07, 6.45) is 11.7. The second-order valence-electron chi connectivity index (χ2n) is 15.4. The number of fused-ring (bicyclic) bond motifs is 3. The van der Waals surface area contributed by atoms with E-state index in [0.29, 0.717) is 38.1 Å². The molecule has 3 saturated heterocycles. The van der Waals surface area contributed by atoms with Gasteiger partial charge in [-0.1, -0.05) is 47.9 Å². The standard InChI is InChI=1S/C39H45ClN8O3/c1-38(17-18-38)36-42-32(51-44-36)11-12-33(49)47-21-13-27(23-47)45(2)35-28-14-22-46(31-10-4-8-26-7-3-9-29(40)34(26)31)24-30(28)41-37(43-35)50-25-39-15-5-19-48(39)20-6-16-39/h3-4,7-12,27H,5-6,13-25H2,1-2H3/b12-11+/t27-/m1/s1. The number of hydrogen-bond donors (Lipinski definition) is 0. The van der Waals surface area contributed by atoms with Gasteiger partial charge in [0.15, 0.2) is 5.82 Å². The minimum Gasteiger partial charge on any atom is -0.461 e. The van der Waals surface area contributed by atoms with E-state index in [-0.39, 0.29) is 22.9 Å². The van der Waals surface area contributed by atoms with E-state index < -0.39 is 0 Å². The molecule has 0 N–H and O–H groups in total. The van der Waals surface area contributed by atoms with E-state index in [1.807, 2.05) is 17.0 Å². The SMILES string of the molecule is CN(c1nc(OCC23CCCN2CCC3)nc2c1CCN(c1cccc3cccc(Cl)c13)C2)[C@@H]1CCN(C(=O)/C=C/c2nc(C3(C)CC3)no2)C1. The topological polar surface area (TPSA) is 104 Å². The van der Waals surface area contributed by atoms with Crippen molar-refractivity contribution in [2.45, 2.75) is 81.8 Å². The number of rotatable bonds is 9. The smallest absolute Gasteiger partial charge is 0.318 e. The van der Waals surface area contributed by atoms with Crippen LogP contribution in [-0.2, 0) is 23.2 Å². The number of likely N-dealkylation sites (tertiary alicyclic amines) is 1. The summed E-state index contributed by atoms with van der Waals surface area (Å²) in [6.45, 7) is 7.74. The molecule has 4 fully saturated rings. The number of aromatic nitrogens is 4. The lowest BCUT2D eigenvalue weighted by molar-refractivity contribution is -0.124. The van der Waals surface area contributed by atoms with Crippen LogP contribution < -0.4 is 14.5 Å². The molecule has 2 aromatic carbocycles. The third-order valence-electron chi connectivity index (χ3n) is 12.2. The van der Waals surface area contributed by atoms with Crippen molar-refractivity contribution >= 4 is 45.9 Å². The van der Waals surface area contributed by atoms with Gasteiger partial charge in [-0.3, -0.25) is 9.69 Å². The summed E-state index contributed by atoms with van der Waals surface area (Å²) in [4.78, 5) is 37.1. The fourth-order valence-corrected chi connectivity index (χ4v) is 9.07. The van der Waals surface area contributed by atoms with E-state index in [9.17, 15) is 4.79 Å². The van der Waals surface area contributed by atoms with Crippen molar-refractivity contribution in [1.82, 2.24) is 29.9 Å². The third-order valence-corrected chi connectivity index (χ3v) is 12.5. The maximum atomic E-state index is 13.3. The Labute approximate surface area is 303 Å². The van der Waals surface area contributed by atoms with Crippen LogP contribution in [0.5, 0.6) is 6.01 Å². The molecule has 0 bridgehead atoms. The maximum absolute atomic E-state index is 13.3. The van der Waals surface area contributed by atoms with Gasteiger partial charge in [-0.25, -0.2) is 0 Å². The van der Waals surface area contributed by atoms with Crippen molar-refractivity contribution < 1.29 is 14.1 Å². The monoisotopic (exact) mass is 708 g/mol. The number of halogens is 1. The van der Waals surface area contributed by atoms with Crippen molar-refractivity contribution in [2.75, 3.05) is 56.2 Å². The number of nitrogens with zero attached hydrogens (tertiary/aromatic N) is 8. The van der Waals surface area contributed by atoms with Crippen LogP contribution in [0, 0.1) is 0 Å². The molecule has 11 nitrogen and oxygen atoms in total. The largest absolute Gasteiger partial charge is 0.461 e. The zero-order valence-electron chi connectivity index (χ0n) is 29.5. The minimum atomic E-state index is -0.0571. The maximum Gasteiger partial charge on any atom is 0.318 e. The van der Waals surface area contributed by atoms with Gasteiger partial charge in [0.1, 0.15) is 12.4 Å². The van der Waals surface area contributed by atoms with Crippen molar-refractivity contribution in [3.63, 3.8) is 0 Å². The molecule has 6 heterocycles. The number of carbonyl (C=O) groups is 1. The van der Waals surface area contributed by atoms with E-state index in [0.717, 1.165) is 103 Å². The molecule has 266 valence electrons. The summed E-state index contributed by atoms with van der Waals surface area (Å²) in [7, 11) is 2.10. The Hall–Kier alpha value is -4.22. The molecule has 4 aliphatic heterocycles. The Morgan fingerprint density at radius 1 is 1.06 bits per heavy atom. The van der Waals surface area contributed by atoms with Gasteiger partial charge in [-0.05, 0) is 82.0 Å². The first-order valence-corrected chi connectivity index (χ1v) is 18.9. The minimum absolute atomic E-state index is 0.0203. The third kappa shape index (κ3) is 6.02. The number of anilines is 2. The Balaban J connectivity index is 0.966. The molecule has 1 aliphatic carbocycles. The highest BCUT2D eigenvalue weighted by molar-refractivity contribution is 6.36. The van der Waals surface area contributed by atoms with Gasteiger partial charge in [0.25, 0.3) is 5.89 Å². The van der Waals surface area contributed by atoms with Gasteiger partial charge >= 0.3 is 6.01 Å². The number of ether oxygens (including phenoxy) is 1. The van der Waals surface area contributed by atoms with E-state index in [2.05, 4.69) is 63.1 Å². The fourth-order valence-electron chi connectivity index (χ4n) is 8.79. The van der Waals surface area contributed by atoms with Crippen LogP contribution in [-0.4, -0.2) is 93.8 Å². The van der Waals surface area contributed by atoms with Gasteiger partial charge < -0.3 is 24.0 Å². The van der Waals surface area contributed by atoms with E-state index in [1.165, 1.54) is 12.8 Å². The summed E-state index contributed by atoms with van der Waals surface area (Å²) in [5.41, 5.74) is 3.36. The first-order valence-electron chi connectivity index (χ1n) is 18.5. The van der Waals surface area contributed by atoms with Crippen LogP contribution in [0.4, 0.5) is 11.5 Å². The molecule has 2 aromatic heterocycles. The van der Waals surface area contributed by atoms with Gasteiger partial charge in [-0.2, -0.15) is 15.0 Å². The summed E-state index contributed by atoms with van der Waals surface area (Å²) in [5, 5.41) is 7.07. The van der Waals surface area contributed by atoms with Crippen LogP contribution in [0.15, 0.2) is 47.0 Å². The van der Waals surface area contributed by atoms with Crippen LogP contribution in [0.3, 0.4) is 0 Å². The Kier molecular flexibility index (Phi) is 8.18. The van der Waals surface area contributed by atoms with Gasteiger partial charge in [-0.15, -0.1) is 0 Å². The summed E-state index contributed by atoms with van der Waals surface area (Å²) >= 11 is 6.77. The van der Waals surface area contributed by atoms with Crippen molar-refractivity contribution in [3.05, 3.63) is 70.5 Å². The molecule has 0 unspecified atom stereocenters. The molecule has 0 radical (unpaired) electrons. The fraction of sp³-hybridized carbons (Fsp3) is 0.513. The lowest BCUT2D eigenvalue weighted by Crippen LogP contribution is -2.44. The first-order chi connectivity index (χ1) is 24.8. The zero-order chi connectivity index (χ0) is 34.7. The molecule has 9 rings (SSSR count). The average Bonchev–Trinajstić information content (AvgIpc) is 3.65. The number of amides is 1. The van der Waals surface area contributed by atoms with Crippen LogP contribution in [0.25, 0.3) is 16.8 Å². The number of likely N-dealkylation sites (N-methyl/N-ethyl adjacent to an activating group) is 1. The molecule has 51 heavy (non-hydrogen) atoms. The molecule has 1 saturated carbocycles. The molecule has 0 spiro atoms. The number of hydrogen-bond acceptors (Lipinski definition) is 10. The molecular weight excluding hydrogens is 664 g/mol. The second kappa shape index (κ2) is 12.8. The highest BCUT2D eigenvalue weighted by atomic mass is 35.5. The predicted molar refractivity (Wildman–Crippen MR) is 197 cm³/mol. The molecular formula is C39H45ClN8O3. The quantitative estimate of drug-likeness (QED) is 0.191. The highest BCUT2D eigenvalue weighted by Gasteiger charge is 2.45. The second-order valence-corrected chi connectivity index (χ2v) is 15.8. The molecule has 4 aromatic rings. The number of benzene rings is 2. The van der Waals surface area contributed by atoms with E-state index in [1.54, 1.807) is 12.2 Å². The summed E-state index contributed by atoms with van der Waals surface area (Å²) in [6, 6.07) is 13.0. The van der Waals surface area contributed by atoms with Crippen molar-refractivity contribution in [3.8, 4) is 6.01 Å².